The second-order valence-electron chi connectivity index (χ2n) is 9.46. The van der Waals surface area contributed by atoms with Crippen molar-refractivity contribution in [2.75, 3.05) is 27.2 Å². The van der Waals surface area contributed by atoms with E-state index in [2.05, 4.69) is 30.1 Å². The highest BCUT2D eigenvalue weighted by molar-refractivity contribution is 5.95. The molecule has 0 saturated carbocycles. The van der Waals surface area contributed by atoms with E-state index in [1.807, 2.05) is 56.6 Å². The number of benzene rings is 2. The predicted molar refractivity (Wildman–Crippen MR) is 130 cm³/mol. The maximum atomic E-state index is 13.0. The van der Waals surface area contributed by atoms with Crippen LogP contribution in [-0.4, -0.2) is 61.1 Å². The molecule has 2 atom stereocenters. The molecule has 0 bridgehead atoms. The van der Waals surface area contributed by atoms with Gasteiger partial charge in [0.1, 0.15) is 6.04 Å². The largest absolute Gasteiger partial charge is 0.368 e. The minimum Gasteiger partial charge on any atom is -0.368 e. The van der Waals surface area contributed by atoms with E-state index in [1.54, 1.807) is 5.06 Å². The van der Waals surface area contributed by atoms with Crippen molar-refractivity contribution in [1.29, 1.82) is 0 Å². The molecule has 1 aliphatic heterocycles. The lowest BCUT2D eigenvalue weighted by molar-refractivity contribution is -0.154. The van der Waals surface area contributed by atoms with Gasteiger partial charge in [0.2, 0.25) is 5.91 Å². The molecule has 1 saturated heterocycles. The number of nitrogens with one attached hydrogen (secondary N) is 1. The monoisotopic (exact) mass is 452 g/mol. The zero-order valence-electron chi connectivity index (χ0n) is 20.1. The molecule has 2 aromatic rings. The van der Waals surface area contributed by atoms with Crippen LogP contribution in [0.15, 0.2) is 48.5 Å². The van der Waals surface area contributed by atoms with Gasteiger partial charge in [0.05, 0.1) is 13.2 Å². The van der Waals surface area contributed by atoms with Crippen molar-refractivity contribution in [3.8, 4) is 11.1 Å². The van der Waals surface area contributed by atoms with E-state index in [0.717, 1.165) is 29.7 Å². The Labute approximate surface area is 196 Å². The van der Waals surface area contributed by atoms with Gasteiger partial charge >= 0.3 is 0 Å². The van der Waals surface area contributed by atoms with E-state index in [4.69, 9.17) is 10.6 Å². The second kappa shape index (κ2) is 11.4. The van der Waals surface area contributed by atoms with Gasteiger partial charge in [-0.3, -0.25) is 14.4 Å². The number of hydrogen-bond donors (Lipinski definition) is 2. The summed E-state index contributed by atoms with van der Waals surface area (Å²) in [6.45, 7) is 6.11. The van der Waals surface area contributed by atoms with Crippen LogP contribution in [0.3, 0.4) is 0 Å². The Morgan fingerprint density at radius 2 is 1.85 bits per heavy atom. The standard InChI is InChI=1S/C26H36N4O3/c1-18(2)13-23(17-29(3)4)28-26(32)22-10-6-9-21(15-22)20-8-5-7-19(14-20)16-30-24(25(27)31)11-12-33-30/h5-10,14-15,18,23-24H,11-13,16-17H2,1-4H3,(H2,27,31)(H,28,32)/t23-,24+/m1/s1. The first-order valence-corrected chi connectivity index (χ1v) is 11.6. The fraction of sp³-hybridized carbons (Fsp3) is 0.462. The van der Waals surface area contributed by atoms with Crippen molar-refractivity contribution < 1.29 is 14.4 Å². The van der Waals surface area contributed by atoms with Crippen molar-refractivity contribution in [1.82, 2.24) is 15.3 Å². The van der Waals surface area contributed by atoms with Gasteiger partial charge in [-0.15, -0.1) is 0 Å². The second-order valence-corrected chi connectivity index (χ2v) is 9.46. The number of likely N-dealkylation sites (N-methyl/N-ethyl adjacent to an activating group) is 1. The van der Waals surface area contributed by atoms with Crippen LogP contribution >= 0.6 is 0 Å². The van der Waals surface area contributed by atoms with Crippen LogP contribution in [0.1, 0.15) is 42.6 Å². The molecule has 7 heteroatoms. The molecule has 0 aromatic heterocycles. The third-order valence-electron chi connectivity index (χ3n) is 5.72. The van der Waals surface area contributed by atoms with Gasteiger partial charge in [-0.25, -0.2) is 0 Å². The fourth-order valence-corrected chi connectivity index (χ4v) is 4.28. The fourth-order valence-electron chi connectivity index (χ4n) is 4.28. The summed E-state index contributed by atoms with van der Waals surface area (Å²) in [5.74, 6) is 0.0701. The van der Waals surface area contributed by atoms with E-state index < -0.39 is 6.04 Å². The molecule has 1 fully saturated rings. The third-order valence-corrected chi connectivity index (χ3v) is 5.72. The number of hydrogen-bond acceptors (Lipinski definition) is 5. The first kappa shape index (κ1) is 24.9. The molecular weight excluding hydrogens is 416 g/mol. The number of amides is 2. The lowest BCUT2D eigenvalue weighted by atomic mass is 9.99. The quantitative estimate of drug-likeness (QED) is 0.579. The normalized spacial score (nSPS) is 17.5. The van der Waals surface area contributed by atoms with Crippen molar-refractivity contribution in [3.63, 3.8) is 0 Å². The Kier molecular flexibility index (Phi) is 8.61. The Morgan fingerprint density at radius 3 is 2.52 bits per heavy atom. The maximum Gasteiger partial charge on any atom is 0.251 e. The smallest absolute Gasteiger partial charge is 0.251 e. The van der Waals surface area contributed by atoms with Crippen LogP contribution < -0.4 is 11.1 Å². The van der Waals surface area contributed by atoms with Crippen molar-refractivity contribution >= 4 is 11.8 Å². The molecule has 0 spiro atoms. The summed E-state index contributed by atoms with van der Waals surface area (Å²) in [6.07, 6.45) is 1.54. The van der Waals surface area contributed by atoms with Crippen LogP contribution in [0, 0.1) is 5.92 Å². The van der Waals surface area contributed by atoms with E-state index in [-0.39, 0.29) is 17.9 Å². The van der Waals surface area contributed by atoms with Crippen molar-refractivity contribution in [2.45, 2.75) is 45.3 Å². The molecule has 2 amide bonds. The molecule has 1 heterocycles. The lowest BCUT2D eigenvalue weighted by Crippen LogP contribution is -2.42. The zero-order chi connectivity index (χ0) is 24.0. The van der Waals surface area contributed by atoms with Crippen LogP contribution in [0.5, 0.6) is 0 Å². The van der Waals surface area contributed by atoms with Gasteiger partial charge in [0, 0.05) is 18.2 Å². The minimum atomic E-state index is -0.401. The van der Waals surface area contributed by atoms with Gasteiger partial charge in [-0.2, -0.15) is 5.06 Å². The molecule has 7 nitrogen and oxygen atoms in total. The lowest BCUT2D eigenvalue weighted by Gasteiger charge is -2.24. The molecule has 3 rings (SSSR count). The predicted octanol–water partition coefficient (Wildman–Crippen LogP) is 3.05. The molecule has 0 aliphatic carbocycles. The SMILES string of the molecule is CC(C)C[C@H](CN(C)C)NC(=O)c1cccc(-c2cccc(CN3OCC[C@H]3C(N)=O)c2)c1. The summed E-state index contributed by atoms with van der Waals surface area (Å²) in [7, 11) is 4.04. The Hall–Kier alpha value is -2.74. The number of carbonyl (C=O) groups is 2. The number of carbonyl (C=O) groups excluding carboxylic acids is 2. The van der Waals surface area contributed by atoms with Crippen LogP contribution in [-0.2, 0) is 16.2 Å². The average molecular weight is 453 g/mol. The summed E-state index contributed by atoms with van der Waals surface area (Å²) in [5, 5.41) is 4.86. The topological polar surface area (TPSA) is 87.9 Å². The summed E-state index contributed by atoms with van der Waals surface area (Å²) in [5.41, 5.74) is 9.12. The van der Waals surface area contributed by atoms with E-state index in [1.165, 1.54) is 0 Å². The van der Waals surface area contributed by atoms with Crippen LogP contribution in [0.25, 0.3) is 11.1 Å². The Bertz CT molecular complexity index is 950. The summed E-state index contributed by atoms with van der Waals surface area (Å²) < 4.78 is 0. The first-order chi connectivity index (χ1) is 15.7. The van der Waals surface area contributed by atoms with Crippen molar-refractivity contribution in [3.05, 3.63) is 59.7 Å². The van der Waals surface area contributed by atoms with E-state index in [0.29, 0.717) is 31.1 Å². The number of primary amides is 1. The molecule has 1 aliphatic rings. The highest BCUT2D eigenvalue weighted by Gasteiger charge is 2.30. The van der Waals surface area contributed by atoms with Gasteiger partial charge in [0.15, 0.2) is 0 Å². The highest BCUT2D eigenvalue weighted by Crippen LogP contribution is 2.24. The molecule has 0 radical (unpaired) electrons. The minimum absolute atomic E-state index is 0.0599. The third kappa shape index (κ3) is 7.12. The van der Waals surface area contributed by atoms with Crippen LogP contribution in [0.2, 0.25) is 0 Å². The summed E-state index contributed by atoms with van der Waals surface area (Å²) >= 11 is 0. The Balaban J connectivity index is 1.74. The zero-order valence-corrected chi connectivity index (χ0v) is 20.1. The number of rotatable bonds is 10. The van der Waals surface area contributed by atoms with E-state index >= 15 is 0 Å². The van der Waals surface area contributed by atoms with Gasteiger partial charge in [0.25, 0.3) is 5.91 Å². The Morgan fingerprint density at radius 1 is 1.15 bits per heavy atom. The summed E-state index contributed by atoms with van der Waals surface area (Å²) in [6, 6.07) is 15.4. The van der Waals surface area contributed by atoms with Gasteiger partial charge in [-0.1, -0.05) is 44.2 Å². The van der Waals surface area contributed by atoms with Gasteiger partial charge < -0.3 is 16.0 Å². The van der Waals surface area contributed by atoms with Gasteiger partial charge in [-0.05, 0) is 67.7 Å². The highest BCUT2D eigenvalue weighted by atomic mass is 16.7. The molecule has 3 N–H and O–H groups in total. The average Bonchev–Trinajstić information content (AvgIpc) is 3.21. The van der Waals surface area contributed by atoms with E-state index in [9.17, 15) is 9.59 Å². The number of hydroxylamine groups is 2. The van der Waals surface area contributed by atoms with Crippen molar-refractivity contribution in [2.24, 2.45) is 11.7 Å². The molecule has 0 unspecified atom stereocenters. The summed E-state index contributed by atoms with van der Waals surface area (Å²) in [4.78, 5) is 32.3. The number of nitrogens with zero attached hydrogens (tertiary/aromatic N) is 2. The molecule has 33 heavy (non-hydrogen) atoms. The molecule has 2 aromatic carbocycles. The number of nitrogens with two attached hydrogens (primary N) is 1. The maximum absolute atomic E-state index is 13.0. The molecular formula is C26H36N4O3. The molecule has 178 valence electrons. The first-order valence-electron chi connectivity index (χ1n) is 11.6. The van der Waals surface area contributed by atoms with Crippen LogP contribution in [0.4, 0.5) is 0 Å².